The van der Waals surface area contributed by atoms with Crippen LogP contribution in [0.4, 0.5) is 4.79 Å². The highest BCUT2D eigenvalue weighted by Gasteiger charge is 2.29. The first kappa shape index (κ1) is 25.2. The number of rotatable bonds is 11. The summed E-state index contributed by atoms with van der Waals surface area (Å²) in [6.45, 7) is 2.73. The van der Waals surface area contributed by atoms with Crippen molar-refractivity contribution >= 4 is 18.0 Å². The van der Waals surface area contributed by atoms with Crippen LogP contribution in [0.2, 0.25) is 0 Å². The number of amides is 2. The van der Waals surface area contributed by atoms with Crippen LogP contribution in [-0.4, -0.2) is 67.8 Å². The summed E-state index contributed by atoms with van der Waals surface area (Å²) in [5.41, 5.74) is 4.61. The van der Waals surface area contributed by atoms with Gasteiger partial charge < -0.3 is 25.4 Å². The molecule has 2 aromatic carbocycles. The average molecular weight is 468 g/mol. The number of hydrogen-bond acceptors (Lipinski definition) is 5. The van der Waals surface area contributed by atoms with Gasteiger partial charge in [-0.3, -0.25) is 4.79 Å². The molecule has 2 atom stereocenters. The van der Waals surface area contributed by atoms with Gasteiger partial charge in [0.1, 0.15) is 12.6 Å². The first-order valence-electron chi connectivity index (χ1n) is 11.5. The molecule has 0 radical (unpaired) electrons. The molecule has 3 rings (SSSR count). The molecule has 1 aliphatic carbocycles. The second-order valence-corrected chi connectivity index (χ2v) is 8.93. The fourth-order valence-electron chi connectivity index (χ4n) is 4.13. The molecule has 2 aromatic rings. The highest BCUT2D eigenvalue weighted by atomic mass is 16.5. The Hall–Kier alpha value is -3.39. The van der Waals surface area contributed by atoms with E-state index in [1.807, 2.05) is 43.3 Å². The minimum atomic E-state index is -1.06. The Balaban J connectivity index is 1.44. The molecule has 0 bridgehead atoms. The number of hydrogen-bond donors (Lipinski definition) is 3. The molecule has 182 valence electrons. The monoisotopic (exact) mass is 467 g/mol. The maximum Gasteiger partial charge on any atom is 0.407 e. The molecule has 0 aromatic heterocycles. The van der Waals surface area contributed by atoms with E-state index >= 15 is 0 Å². The fraction of sp³-hybridized carbons (Fsp3) is 0.423. The SMILES string of the molecule is CC(CCNC(=O)OCC1c2ccccc2-c2ccccc21)C(=O)NC(CCN(C)C)C(=O)O. The third-order valence-electron chi connectivity index (χ3n) is 6.12. The number of aliphatic carboxylic acids is 1. The molecule has 2 unspecified atom stereocenters. The zero-order valence-electron chi connectivity index (χ0n) is 19.9. The van der Waals surface area contributed by atoms with Gasteiger partial charge in [0.15, 0.2) is 0 Å². The normalized spacial score (nSPS) is 14.1. The first-order chi connectivity index (χ1) is 16.3. The van der Waals surface area contributed by atoms with Crippen molar-refractivity contribution in [2.24, 2.45) is 5.92 Å². The van der Waals surface area contributed by atoms with Gasteiger partial charge in [0.25, 0.3) is 0 Å². The molecule has 3 N–H and O–H groups in total. The Bertz CT molecular complexity index is 978. The van der Waals surface area contributed by atoms with E-state index in [1.165, 1.54) is 0 Å². The van der Waals surface area contributed by atoms with Crippen LogP contribution in [0.1, 0.15) is 36.8 Å². The van der Waals surface area contributed by atoms with Crippen molar-refractivity contribution in [2.75, 3.05) is 33.8 Å². The Labute approximate surface area is 200 Å². The number of carboxylic acids is 1. The second kappa shape index (κ2) is 11.7. The lowest BCUT2D eigenvalue weighted by molar-refractivity contribution is -0.142. The maximum atomic E-state index is 12.4. The zero-order valence-corrected chi connectivity index (χ0v) is 19.9. The van der Waals surface area contributed by atoms with Crippen LogP contribution < -0.4 is 10.6 Å². The Morgan fingerprint density at radius 3 is 2.15 bits per heavy atom. The van der Waals surface area contributed by atoms with Gasteiger partial charge in [-0.25, -0.2) is 9.59 Å². The van der Waals surface area contributed by atoms with E-state index in [-0.39, 0.29) is 25.0 Å². The van der Waals surface area contributed by atoms with Crippen LogP contribution in [0, 0.1) is 5.92 Å². The molecule has 0 aliphatic heterocycles. The predicted octanol–water partition coefficient (Wildman–Crippen LogP) is 3.07. The number of ether oxygens (including phenoxy) is 1. The third kappa shape index (κ3) is 6.35. The van der Waals surface area contributed by atoms with E-state index in [9.17, 15) is 19.5 Å². The number of alkyl carbamates (subject to hydrolysis) is 1. The van der Waals surface area contributed by atoms with Gasteiger partial charge in [-0.15, -0.1) is 0 Å². The van der Waals surface area contributed by atoms with Gasteiger partial charge >= 0.3 is 12.1 Å². The van der Waals surface area contributed by atoms with Crippen molar-refractivity contribution < 1.29 is 24.2 Å². The van der Waals surface area contributed by atoms with Gasteiger partial charge in [-0.05, 0) is 49.2 Å². The number of nitrogens with one attached hydrogen (secondary N) is 2. The number of fused-ring (bicyclic) bond motifs is 3. The molecule has 2 amide bonds. The first-order valence-corrected chi connectivity index (χ1v) is 11.5. The largest absolute Gasteiger partial charge is 0.480 e. The Morgan fingerprint density at radius 2 is 1.59 bits per heavy atom. The molecule has 0 fully saturated rings. The van der Waals surface area contributed by atoms with Crippen LogP contribution >= 0.6 is 0 Å². The minimum Gasteiger partial charge on any atom is -0.480 e. The van der Waals surface area contributed by atoms with E-state index in [0.717, 1.165) is 22.3 Å². The zero-order chi connectivity index (χ0) is 24.7. The summed E-state index contributed by atoms with van der Waals surface area (Å²) >= 11 is 0. The van der Waals surface area contributed by atoms with Crippen LogP contribution in [0.5, 0.6) is 0 Å². The van der Waals surface area contributed by atoms with Crippen molar-refractivity contribution in [3.63, 3.8) is 0 Å². The molecule has 1 aliphatic rings. The van der Waals surface area contributed by atoms with E-state index < -0.39 is 24.0 Å². The lowest BCUT2D eigenvalue weighted by Crippen LogP contribution is -2.45. The number of nitrogens with zero attached hydrogens (tertiary/aromatic N) is 1. The molecule has 8 nitrogen and oxygen atoms in total. The van der Waals surface area contributed by atoms with Crippen molar-refractivity contribution in [3.8, 4) is 11.1 Å². The van der Waals surface area contributed by atoms with Crippen LogP contribution in [-0.2, 0) is 14.3 Å². The smallest absolute Gasteiger partial charge is 0.407 e. The van der Waals surface area contributed by atoms with Gasteiger partial charge in [-0.1, -0.05) is 55.5 Å². The third-order valence-corrected chi connectivity index (χ3v) is 6.12. The summed E-state index contributed by atoms with van der Waals surface area (Å²) in [6.07, 6.45) is 0.151. The van der Waals surface area contributed by atoms with E-state index in [4.69, 9.17) is 4.74 Å². The summed E-state index contributed by atoms with van der Waals surface area (Å²) in [5.74, 6) is -1.87. The van der Waals surface area contributed by atoms with Gasteiger partial charge in [0.2, 0.25) is 5.91 Å². The molecule has 0 heterocycles. The summed E-state index contributed by atoms with van der Waals surface area (Å²) < 4.78 is 5.50. The number of carbonyl (C=O) groups excluding carboxylic acids is 2. The van der Waals surface area contributed by atoms with E-state index in [2.05, 4.69) is 34.9 Å². The van der Waals surface area contributed by atoms with Crippen molar-refractivity contribution in [1.82, 2.24) is 15.5 Å². The lowest BCUT2D eigenvalue weighted by Gasteiger charge is -2.19. The molecule has 34 heavy (non-hydrogen) atoms. The van der Waals surface area contributed by atoms with Crippen molar-refractivity contribution in [1.29, 1.82) is 0 Å². The predicted molar refractivity (Wildman–Crippen MR) is 130 cm³/mol. The molecular weight excluding hydrogens is 434 g/mol. The van der Waals surface area contributed by atoms with Crippen molar-refractivity contribution in [2.45, 2.75) is 31.7 Å². The quantitative estimate of drug-likeness (QED) is 0.469. The Kier molecular flexibility index (Phi) is 8.65. The molecule has 0 spiro atoms. The minimum absolute atomic E-state index is 0.0158. The average Bonchev–Trinajstić information content (AvgIpc) is 3.13. The topological polar surface area (TPSA) is 108 Å². The van der Waals surface area contributed by atoms with E-state index in [1.54, 1.807) is 6.92 Å². The van der Waals surface area contributed by atoms with Gasteiger partial charge in [-0.2, -0.15) is 0 Å². The summed E-state index contributed by atoms with van der Waals surface area (Å²) in [6, 6.07) is 15.3. The second-order valence-electron chi connectivity index (χ2n) is 8.93. The van der Waals surface area contributed by atoms with Crippen LogP contribution in [0.15, 0.2) is 48.5 Å². The van der Waals surface area contributed by atoms with E-state index in [0.29, 0.717) is 19.4 Å². The van der Waals surface area contributed by atoms with Gasteiger partial charge in [0.05, 0.1) is 0 Å². The molecule has 8 heteroatoms. The molecule has 0 saturated carbocycles. The molecular formula is C26H33N3O5. The highest BCUT2D eigenvalue weighted by molar-refractivity contribution is 5.84. The maximum absolute atomic E-state index is 12.4. The summed E-state index contributed by atoms with van der Waals surface area (Å²) in [4.78, 5) is 37.9. The van der Waals surface area contributed by atoms with Gasteiger partial charge in [0, 0.05) is 24.9 Å². The summed E-state index contributed by atoms with van der Waals surface area (Å²) in [5, 5.41) is 14.6. The van der Waals surface area contributed by atoms with Crippen LogP contribution in [0.3, 0.4) is 0 Å². The number of carbonyl (C=O) groups is 3. The summed E-state index contributed by atoms with van der Waals surface area (Å²) in [7, 11) is 3.69. The fourth-order valence-corrected chi connectivity index (χ4v) is 4.13. The Morgan fingerprint density at radius 1 is 1.00 bits per heavy atom. The molecule has 0 saturated heterocycles. The standard InChI is InChI=1S/C26H33N3O5/c1-17(24(30)28-23(25(31)32)13-15-29(2)3)12-14-27-26(33)34-16-22-20-10-6-4-8-18(20)19-9-5-7-11-21(19)22/h4-11,17,22-23H,12-16H2,1-3H3,(H,27,33)(H,28,30)(H,31,32). The van der Waals surface area contributed by atoms with Crippen molar-refractivity contribution in [3.05, 3.63) is 59.7 Å². The lowest BCUT2D eigenvalue weighted by atomic mass is 9.98. The number of carboxylic acid groups (broad SMARTS) is 1. The number of benzene rings is 2. The highest BCUT2D eigenvalue weighted by Crippen LogP contribution is 2.44. The van der Waals surface area contributed by atoms with Crippen LogP contribution in [0.25, 0.3) is 11.1 Å².